The summed E-state index contributed by atoms with van der Waals surface area (Å²) in [7, 11) is 0. The Hall–Kier alpha value is -1.26. The molecule has 0 aromatic carbocycles. The van der Waals surface area contributed by atoms with E-state index >= 15 is 0 Å². The molecule has 0 bridgehead atoms. The van der Waals surface area contributed by atoms with E-state index in [0.717, 1.165) is 31.8 Å². The van der Waals surface area contributed by atoms with E-state index in [9.17, 15) is 4.79 Å². The van der Waals surface area contributed by atoms with Crippen molar-refractivity contribution in [2.45, 2.75) is 65.5 Å². The highest BCUT2D eigenvalue weighted by Crippen LogP contribution is 2.18. The smallest absolute Gasteiger partial charge is 0.220 e. The molecule has 0 spiro atoms. The fourth-order valence-corrected chi connectivity index (χ4v) is 1.66. The molecule has 1 aliphatic carbocycles. The standard InChI is InChI=1S/C15H30N4O/c1-5-16-15(18-12(4)11(2)3)17-10-6-7-14(20)19-13-8-9-13/h11-13H,5-10H2,1-4H3,(H,19,20)(H2,16,17,18). The van der Waals surface area contributed by atoms with Gasteiger partial charge in [-0.2, -0.15) is 0 Å². The third kappa shape index (κ3) is 7.36. The summed E-state index contributed by atoms with van der Waals surface area (Å²) in [5.41, 5.74) is 0. The SMILES string of the molecule is CCNC(=NCCCC(=O)NC1CC1)NC(C)C(C)C. The van der Waals surface area contributed by atoms with Gasteiger partial charge < -0.3 is 16.0 Å². The van der Waals surface area contributed by atoms with Crippen molar-refractivity contribution in [3.63, 3.8) is 0 Å². The first kappa shape index (κ1) is 16.8. The number of carbonyl (C=O) groups is 1. The second-order valence-electron chi connectivity index (χ2n) is 5.88. The Morgan fingerprint density at radius 2 is 2.00 bits per heavy atom. The zero-order valence-electron chi connectivity index (χ0n) is 13.3. The Balaban J connectivity index is 2.24. The Labute approximate surface area is 123 Å². The summed E-state index contributed by atoms with van der Waals surface area (Å²) in [6, 6.07) is 0.836. The number of aliphatic imine (C=N–C) groups is 1. The van der Waals surface area contributed by atoms with Gasteiger partial charge in [-0.3, -0.25) is 9.79 Å². The maximum absolute atomic E-state index is 11.5. The highest BCUT2D eigenvalue weighted by Gasteiger charge is 2.22. The summed E-state index contributed by atoms with van der Waals surface area (Å²) in [4.78, 5) is 16.1. The molecule has 0 aromatic rings. The van der Waals surface area contributed by atoms with Crippen molar-refractivity contribution in [1.29, 1.82) is 0 Å². The summed E-state index contributed by atoms with van der Waals surface area (Å²) in [6.45, 7) is 10.1. The minimum atomic E-state index is 0.163. The Morgan fingerprint density at radius 1 is 1.30 bits per heavy atom. The molecule has 1 aliphatic rings. The monoisotopic (exact) mass is 282 g/mol. The van der Waals surface area contributed by atoms with Crippen LogP contribution in [-0.2, 0) is 4.79 Å². The maximum Gasteiger partial charge on any atom is 0.220 e. The molecule has 0 saturated heterocycles. The third-order valence-corrected chi connectivity index (χ3v) is 3.48. The van der Waals surface area contributed by atoms with E-state index < -0.39 is 0 Å². The molecular formula is C15H30N4O. The van der Waals surface area contributed by atoms with E-state index in [1.54, 1.807) is 0 Å². The second-order valence-corrected chi connectivity index (χ2v) is 5.88. The number of hydrogen-bond donors (Lipinski definition) is 3. The number of hydrogen-bond acceptors (Lipinski definition) is 2. The summed E-state index contributed by atoms with van der Waals surface area (Å²) in [5.74, 6) is 1.57. The highest BCUT2D eigenvalue weighted by atomic mass is 16.1. The van der Waals surface area contributed by atoms with Gasteiger partial charge in [0, 0.05) is 31.6 Å². The first-order valence-corrected chi connectivity index (χ1v) is 7.87. The van der Waals surface area contributed by atoms with Crippen LogP contribution in [0.25, 0.3) is 0 Å². The fraction of sp³-hybridized carbons (Fsp3) is 0.867. The molecular weight excluding hydrogens is 252 g/mol. The topological polar surface area (TPSA) is 65.5 Å². The maximum atomic E-state index is 11.5. The molecule has 3 N–H and O–H groups in total. The van der Waals surface area contributed by atoms with Gasteiger partial charge in [0.2, 0.25) is 5.91 Å². The molecule has 1 atom stereocenters. The number of amides is 1. The molecule has 0 heterocycles. The van der Waals surface area contributed by atoms with Gasteiger partial charge in [0.05, 0.1) is 0 Å². The van der Waals surface area contributed by atoms with E-state index in [0.29, 0.717) is 31.0 Å². The van der Waals surface area contributed by atoms with Crippen LogP contribution >= 0.6 is 0 Å². The normalized spacial score (nSPS) is 16.9. The van der Waals surface area contributed by atoms with Gasteiger partial charge in [0.1, 0.15) is 0 Å². The third-order valence-electron chi connectivity index (χ3n) is 3.48. The van der Waals surface area contributed by atoms with Crippen molar-refractivity contribution in [2.75, 3.05) is 13.1 Å². The van der Waals surface area contributed by atoms with Crippen LogP contribution in [0.2, 0.25) is 0 Å². The van der Waals surface area contributed by atoms with Crippen molar-refractivity contribution in [3.05, 3.63) is 0 Å². The van der Waals surface area contributed by atoms with Crippen molar-refractivity contribution in [3.8, 4) is 0 Å². The van der Waals surface area contributed by atoms with Crippen LogP contribution in [0.3, 0.4) is 0 Å². The number of nitrogens with zero attached hydrogens (tertiary/aromatic N) is 1. The minimum absolute atomic E-state index is 0.163. The molecule has 20 heavy (non-hydrogen) atoms. The fourth-order valence-electron chi connectivity index (χ4n) is 1.66. The van der Waals surface area contributed by atoms with Gasteiger partial charge in [-0.05, 0) is 39.0 Å². The molecule has 1 saturated carbocycles. The van der Waals surface area contributed by atoms with Gasteiger partial charge in [-0.1, -0.05) is 13.8 Å². The van der Waals surface area contributed by atoms with Gasteiger partial charge in [-0.15, -0.1) is 0 Å². The van der Waals surface area contributed by atoms with Crippen LogP contribution in [0.5, 0.6) is 0 Å². The minimum Gasteiger partial charge on any atom is -0.357 e. The molecule has 1 fully saturated rings. The van der Waals surface area contributed by atoms with Crippen molar-refractivity contribution >= 4 is 11.9 Å². The van der Waals surface area contributed by atoms with Gasteiger partial charge >= 0.3 is 0 Å². The molecule has 116 valence electrons. The Kier molecular flexibility index (Phi) is 7.41. The molecule has 1 rings (SSSR count). The number of nitrogens with one attached hydrogen (secondary N) is 3. The van der Waals surface area contributed by atoms with Gasteiger partial charge in [-0.25, -0.2) is 0 Å². The summed E-state index contributed by atoms with van der Waals surface area (Å²) in [6.07, 6.45) is 3.65. The molecule has 0 radical (unpaired) electrons. The van der Waals surface area contributed by atoms with Crippen molar-refractivity contribution in [2.24, 2.45) is 10.9 Å². The van der Waals surface area contributed by atoms with Crippen molar-refractivity contribution < 1.29 is 4.79 Å². The van der Waals surface area contributed by atoms with Crippen LogP contribution in [-0.4, -0.2) is 37.0 Å². The summed E-state index contributed by atoms with van der Waals surface area (Å²) in [5, 5.41) is 9.62. The molecule has 0 aliphatic heterocycles. The molecule has 1 amide bonds. The van der Waals surface area contributed by atoms with Crippen LogP contribution in [0.15, 0.2) is 4.99 Å². The van der Waals surface area contributed by atoms with Crippen LogP contribution in [0.4, 0.5) is 0 Å². The highest BCUT2D eigenvalue weighted by molar-refractivity contribution is 5.80. The molecule has 1 unspecified atom stereocenters. The number of carbonyl (C=O) groups excluding carboxylic acids is 1. The molecule has 5 heteroatoms. The Bertz CT molecular complexity index is 324. The first-order valence-electron chi connectivity index (χ1n) is 7.87. The van der Waals surface area contributed by atoms with Crippen LogP contribution < -0.4 is 16.0 Å². The lowest BCUT2D eigenvalue weighted by Crippen LogP contribution is -2.44. The number of rotatable bonds is 8. The predicted octanol–water partition coefficient (Wildman–Crippen LogP) is 1.64. The summed E-state index contributed by atoms with van der Waals surface area (Å²) >= 11 is 0. The lowest BCUT2D eigenvalue weighted by Gasteiger charge is -2.20. The number of guanidine groups is 1. The zero-order chi connectivity index (χ0) is 15.0. The lowest BCUT2D eigenvalue weighted by atomic mass is 10.1. The van der Waals surface area contributed by atoms with E-state index in [1.807, 2.05) is 0 Å². The first-order chi connectivity index (χ1) is 9.52. The van der Waals surface area contributed by atoms with Crippen molar-refractivity contribution in [1.82, 2.24) is 16.0 Å². The average molecular weight is 282 g/mol. The zero-order valence-corrected chi connectivity index (χ0v) is 13.3. The van der Waals surface area contributed by atoms with Crippen LogP contribution in [0, 0.1) is 5.92 Å². The summed E-state index contributed by atoms with van der Waals surface area (Å²) < 4.78 is 0. The van der Waals surface area contributed by atoms with Crippen LogP contribution in [0.1, 0.15) is 53.4 Å². The quantitative estimate of drug-likeness (QED) is 0.360. The average Bonchev–Trinajstić information content (AvgIpc) is 3.18. The Morgan fingerprint density at radius 3 is 2.55 bits per heavy atom. The largest absolute Gasteiger partial charge is 0.357 e. The van der Waals surface area contributed by atoms with Gasteiger partial charge in [0.15, 0.2) is 5.96 Å². The lowest BCUT2D eigenvalue weighted by molar-refractivity contribution is -0.121. The second kappa shape index (κ2) is 8.82. The van der Waals surface area contributed by atoms with E-state index in [2.05, 4.69) is 48.6 Å². The molecule has 0 aromatic heterocycles. The van der Waals surface area contributed by atoms with E-state index in [4.69, 9.17) is 0 Å². The van der Waals surface area contributed by atoms with E-state index in [-0.39, 0.29) is 5.91 Å². The van der Waals surface area contributed by atoms with E-state index in [1.165, 1.54) is 0 Å². The predicted molar refractivity (Wildman–Crippen MR) is 83.8 cm³/mol. The molecule has 5 nitrogen and oxygen atoms in total. The van der Waals surface area contributed by atoms with Gasteiger partial charge in [0.25, 0.3) is 0 Å².